The van der Waals surface area contributed by atoms with Gasteiger partial charge in [-0.25, -0.2) is 0 Å². The zero-order chi connectivity index (χ0) is 15.5. The molecule has 2 N–H and O–H groups in total. The fourth-order valence-corrected chi connectivity index (χ4v) is 2.42. The Labute approximate surface area is 133 Å². The molecule has 112 valence electrons. The van der Waals surface area contributed by atoms with Crippen molar-refractivity contribution in [1.29, 1.82) is 0 Å². The van der Waals surface area contributed by atoms with Crippen molar-refractivity contribution in [3.05, 3.63) is 64.8 Å². The summed E-state index contributed by atoms with van der Waals surface area (Å²) < 4.78 is 5.21. The van der Waals surface area contributed by atoms with Crippen LogP contribution in [0.3, 0.4) is 0 Å². The van der Waals surface area contributed by atoms with Gasteiger partial charge in [-0.2, -0.15) is 0 Å². The monoisotopic (exact) mass is 314 g/mol. The van der Waals surface area contributed by atoms with Gasteiger partial charge in [0.15, 0.2) is 0 Å². The number of benzene rings is 2. The van der Waals surface area contributed by atoms with Gasteiger partial charge in [0, 0.05) is 28.7 Å². The maximum absolute atomic E-state index is 12.4. The summed E-state index contributed by atoms with van der Waals surface area (Å²) in [4.78, 5) is 15.5. The highest BCUT2D eigenvalue weighted by atomic mass is 35.5. The van der Waals surface area contributed by atoms with Crippen LogP contribution in [0.1, 0.15) is 15.9 Å². The molecular weight excluding hydrogens is 300 g/mol. The molecule has 1 amide bonds. The van der Waals surface area contributed by atoms with Crippen LogP contribution in [-0.4, -0.2) is 18.0 Å². The lowest BCUT2D eigenvalue weighted by atomic mass is 10.1. The summed E-state index contributed by atoms with van der Waals surface area (Å²) in [6, 6.07) is 13.0. The molecule has 1 aromatic heterocycles. The minimum absolute atomic E-state index is 0.130. The average Bonchev–Trinajstić information content (AvgIpc) is 2.97. The van der Waals surface area contributed by atoms with E-state index in [0.717, 1.165) is 22.2 Å². The van der Waals surface area contributed by atoms with Gasteiger partial charge in [-0.3, -0.25) is 4.79 Å². The van der Waals surface area contributed by atoms with Crippen LogP contribution >= 0.6 is 11.6 Å². The molecule has 0 unspecified atom stereocenters. The topological polar surface area (TPSA) is 54.1 Å². The van der Waals surface area contributed by atoms with Gasteiger partial charge >= 0.3 is 0 Å². The second-order valence-electron chi connectivity index (χ2n) is 4.92. The summed E-state index contributed by atoms with van der Waals surface area (Å²) >= 11 is 5.85. The second kappa shape index (κ2) is 6.12. The Hall–Kier alpha value is -2.46. The van der Waals surface area contributed by atoms with Crippen LogP contribution in [0.5, 0.6) is 5.75 Å². The van der Waals surface area contributed by atoms with Crippen molar-refractivity contribution in [2.45, 2.75) is 6.54 Å². The Morgan fingerprint density at radius 1 is 1.23 bits per heavy atom. The van der Waals surface area contributed by atoms with Gasteiger partial charge in [-0.15, -0.1) is 0 Å². The normalized spacial score (nSPS) is 10.6. The average molecular weight is 315 g/mol. The van der Waals surface area contributed by atoms with Crippen molar-refractivity contribution < 1.29 is 9.53 Å². The van der Waals surface area contributed by atoms with Crippen LogP contribution in [0, 0.1) is 0 Å². The summed E-state index contributed by atoms with van der Waals surface area (Å²) in [5.41, 5.74) is 2.50. The fourth-order valence-electron chi connectivity index (χ4n) is 2.29. The molecule has 0 spiro atoms. The van der Waals surface area contributed by atoms with E-state index in [2.05, 4.69) is 10.3 Å². The summed E-state index contributed by atoms with van der Waals surface area (Å²) in [5, 5.41) is 4.43. The van der Waals surface area contributed by atoms with Crippen molar-refractivity contribution in [2.24, 2.45) is 0 Å². The van der Waals surface area contributed by atoms with E-state index in [0.29, 0.717) is 17.1 Å². The minimum Gasteiger partial charge on any atom is -0.497 e. The first-order chi connectivity index (χ1) is 10.7. The van der Waals surface area contributed by atoms with Crippen molar-refractivity contribution in [1.82, 2.24) is 10.3 Å². The molecule has 0 saturated heterocycles. The van der Waals surface area contributed by atoms with E-state index < -0.39 is 0 Å². The molecule has 1 heterocycles. The summed E-state index contributed by atoms with van der Waals surface area (Å²) in [6.07, 6.45) is 1.71. The Balaban J connectivity index is 1.78. The minimum atomic E-state index is -0.130. The van der Waals surface area contributed by atoms with Gasteiger partial charge < -0.3 is 15.0 Å². The molecule has 4 nitrogen and oxygen atoms in total. The van der Waals surface area contributed by atoms with Crippen molar-refractivity contribution in [3.8, 4) is 5.75 Å². The molecule has 3 aromatic rings. The number of amides is 1. The number of H-pyrrole nitrogens is 1. The predicted molar refractivity (Wildman–Crippen MR) is 87.5 cm³/mol. The van der Waals surface area contributed by atoms with Crippen LogP contribution in [0.4, 0.5) is 0 Å². The maximum atomic E-state index is 12.4. The third-order valence-corrected chi connectivity index (χ3v) is 3.75. The molecular formula is C17H15ClN2O2. The highest BCUT2D eigenvalue weighted by molar-refractivity contribution is 6.30. The summed E-state index contributed by atoms with van der Waals surface area (Å²) in [7, 11) is 1.61. The van der Waals surface area contributed by atoms with Gasteiger partial charge in [0.1, 0.15) is 5.75 Å². The highest BCUT2D eigenvalue weighted by Crippen LogP contribution is 2.23. The zero-order valence-electron chi connectivity index (χ0n) is 12.0. The van der Waals surface area contributed by atoms with Gasteiger partial charge in [-0.05, 0) is 35.9 Å². The van der Waals surface area contributed by atoms with Crippen LogP contribution in [-0.2, 0) is 6.54 Å². The van der Waals surface area contributed by atoms with E-state index in [9.17, 15) is 4.79 Å². The zero-order valence-corrected chi connectivity index (χ0v) is 12.8. The first kappa shape index (κ1) is 14.5. The molecule has 2 aromatic carbocycles. The van der Waals surface area contributed by atoms with Crippen molar-refractivity contribution >= 4 is 28.4 Å². The van der Waals surface area contributed by atoms with Crippen molar-refractivity contribution in [2.75, 3.05) is 7.11 Å². The molecule has 5 heteroatoms. The molecule has 3 rings (SSSR count). The number of halogens is 1. The summed E-state index contributed by atoms with van der Waals surface area (Å²) in [6.45, 7) is 0.451. The lowest BCUT2D eigenvalue weighted by Crippen LogP contribution is -2.22. The quantitative estimate of drug-likeness (QED) is 0.770. The van der Waals surface area contributed by atoms with Crippen LogP contribution < -0.4 is 10.1 Å². The van der Waals surface area contributed by atoms with E-state index in [-0.39, 0.29) is 5.91 Å². The SMILES string of the molecule is COc1ccc2[nH]cc(C(=O)NCc3ccc(Cl)cc3)c2c1. The second-order valence-corrected chi connectivity index (χ2v) is 5.36. The standard InChI is InChI=1S/C17H15ClN2O2/c1-22-13-6-7-16-14(8-13)15(10-19-16)17(21)20-9-11-2-4-12(18)5-3-11/h2-8,10,19H,9H2,1H3,(H,20,21). The van der Waals surface area contributed by atoms with E-state index >= 15 is 0 Å². The Morgan fingerprint density at radius 3 is 2.73 bits per heavy atom. The molecule has 0 aliphatic rings. The van der Waals surface area contributed by atoms with E-state index in [1.165, 1.54) is 0 Å². The lowest BCUT2D eigenvalue weighted by molar-refractivity contribution is 0.0952. The van der Waals surface area contributed by atoms with Gasteiger partial charge in [-0.1, -0.05) is 23.7 Å². The number of carbonyl (C=O) groups excluding carboxylic acids is 1. The highest BCUT2D eigenvalue weighted by Gasteiger charge is 2.12. The molecule has 22 heavy (non-hydrogen) atoms. The number of ether oxygens (including phenoxy) is 1. The molecule has 0 aliphatic heterocycles. The first-order valence-electron chi connectivity index (χ1n) is 6.85. The Morgan fingerprint density at radius 2 is 2.00 bits per heavy atom. The Bertz CT molecular complexity index is 809. The number of nitrogens with one attached hydrogen (secondary N) is 2. The number of hydrogen-bond donors (Lipinski definition) is 2. The van der Waals surface area contributed by atoms with Crippen LogP contribution in [0.2, 0.25) is 5.02 Å². The van der Waals surface area contributed by atoms with Crippen molar-refractivity contribution in [3.63, 3.8) is 0 Å². The molecule has 0 atom stereocenters. The number of aromatic amines is 1. The number of methoxy groups -OCH3 is 1. The lowest BCUT2D eigenvalue weighted by Gasteiger charge is -2.05. The number of hydrogen-bond acceptors (Lipinski definition) is 2. The third kappa shape index (κ3) is 2.92. The van der Waals surface area contributed by atoms with Crippen LogP contribution in [0.15, 0.2) is 48.7 Å². The van der Waals surface area contributed by atoms with Gasteiger partial charge in [0.05, 0.1) is 12.7 Å². The van der Waals surface area contributed by atoms with Gasteiger partial charge in [0.2, 0.25) is 0 Å². The summed E-state index contributed by atoms with van der Waals surface area (Å²) in [5.74, 6) is 0.591. The molecule has 0 aliphatic carbocycles. The number of rotatable bonds is 4. The molecule has 0 saturated carbocycles. The number of carbonyl (C=O) groups is 1. The maximum Gasteiger partial charge on any atom is 0.253 e. The molecule has 0 bridgehead atoms. The number of fused-ring (bicyclic) bond motifs is 1. The van der Waals surface area contributed by atoms with E-state index in [1.807, 2.05) is 30.3 Å². The molecule has 0 radical (unpaired) electrons. The Kier molecular flexibility index (Phi) is 4.02. The fraction of sp³-hybridized carbons (Fsp3) is 0.118. The predicted octanol–water partition coefficient (Wildman–Crippen LogP) is 3.76. The smallest absolute Gasteiger partial charge is 0.253 e. The molecule has 0 fully saturated rings. The van der Waals surface area contributed by atoms with E-state index in [1.54, 1.807) is 25.4 Å². The number of aromatic nitrogens is 1. The van der Waals surface area contributed by atoms with Gasteiger partial charge in [0.25, 0.3) is 5.91 Å². The first-order valence-corrected chi connectivity index (χ1v) is 7.23. The largest absolute Gasteiger partial charge is 0.497 e. The van der Waals surface area contributed by atoms with Crippen LogP contribution in [0.25, 0.3) is 10.9 Å². The third-order valence-electron chi connectivity index (χ3n) is 3.50. The van der Waals surface area contributed by atoms with E-state index in [4.69, 9.17) is 16.3 Å².